The minimum atomic E-state index is -4.39. The summed E-state index contributed by atoms with van der Waals surface area (Å²) in [5, 5.41) is 5.62. The number of halogens is 3. The van der Waals surface area contributed by atoms with Gasteiger partial charge in [0.15, 0.2) is 0 Å². The third kappa shape index (κ3) is 5.03. The molecule has 4 N–H and O–H groups in total. The Bertz CT molecular complexity index is 915. The van der Waals surface area contributed by atoms with Crippen LogP contribution in [0.25, 0.3) is 0 Å². The van der Waals surface area contributed by atoms with Crippen LogP contribution in [-0.2, 0) is 6.18 Å². The van der Waals surface area contributed by atoms with E-state index in [4.69, 9.17) is 5.73 Å². The second kappa shape index (κ2) is 8.64. The summed E-state index contributed by atoms with van der Waals surface area (Å²) in [6.45, 7) is 2.88. The zero-order valence-corrected chi connectivity index (χ0v) is 16.4. The first-order chi connectivity index (χ1) is 14.1. The van der Waals surface area contributed by atoms with Gasteiger partial charge in [0.1, 0.15) is 0 Å². The van der Waals surface area contributed by atoms with Gasteiger partial charge in [0.2, 0.25) is 0 Å². The van der Waals surface area contributed by atoms with Crippen molar-refractivity contribution in [1.29, 1.82) is 0 Å². The Morgan fingerprint density at radius 3 is 2.43 bits per heavy atom. The number of anilines is 1. The fourth-order valence-corrected chi connectivity index (χ4v) is 3.52. The van der Waals surface area contributed by atoms with Gasteiger partial charge in [-0.1, -0.05) is 24.3 Å². The van der Waals surface area contributed by atoms with Crippen molar-refractivity contribution in [2.24, 2.45) is 5.73 Å². The van der Waals surface area contributed by atoms with Crippen LogP contribution in [0.3, 0.4) is 0 Å². The molecular formula is C21H23F3N4O2. The van der Waals surface area contributed by atoms with Crippen LogP contribution in [0.2, 0.25) is 0 Å². The summed E-state index contributed by atoms with van der Waals surface area (Å²) in [6.07, 6.45) is -3.71. The number of rotatable bonds is 5. The van der Waals surface area contributed by atoms with Crippen molar-refractivity contribution in [2.75, 3.05) is 18.0 Å². The summed E-state index contributed by atoms with van der Waals surface area (Å²) < 4.78 is 38.0. The molecule has 0 radical (unpaired) electrons. The zero-order valence-electron chi connectivity index (χ0n) is 16.4. The normalized spacial score (nSPS) is 17.5. The maximum atomic E-state index is 12.7. The maximum Gasteiger partial charge on any atom is 0.416 e. The predicted molar refractivity (Wildman–Crippen MR) is 107 cm³/mol. The molecule has 0 spiro atoms. The Morgan fingerprint density at radius 2 is 1.80 bits per heavy atom. The Labute approximate surface area is 172 Å². The standard InChI is InChI=1S/C21H23F3N4O2/c1-13(14-6-8-15(9-7-14)21(22,23)24)26-20(30)27-16-10-11-28(12-16)18-5-3-2-4-17(18)19(25)29/h2-9,13,16H,10-12H2,1H3,(H2,25,29)(H2,26,27,30). The van der Waals surface area contributed by atoms with E-state index in [1.165, 1.54) is 12.1 Å². The van der Waals surface area contributed by atoms with E-state index in [9.17, 15) is 22.8 Å². The molecule has 1 aliphatic heterocycles. The number of alkyl halides is 3. The number of nitrogens with one attached hydrogen (secondary N) is 2. The Morgan fingerprint density at radius 1 is 1.13 bits per heavy atom. The average Bonchev–Trinajstić information content (AvgIpc) is 3.15. The van der Waals surface area contributed by atoms with Gasteiger partial charge in [-0.15, -0.1) is 0 Å². The molecule has 0 aliphatic carbocycles. The minimum Gasteiger partial charge on any atom is -0.369 e. The van der Waals surface area contributed by atoms with Crippen molar-refractivity contribution in [1.82, 2.24) is 10.6 Å². The molecule has 1 fully saturated rings. The minimum absolute atomic E-state index is 0.134. The van der Waals surface area contributed by atoms with Crippen LogP contribution in [0.15, 0.2) is 48.5 Å². The summed E-state index contributed by atoms with van der Waals surface area (Å²) in [6, 6.07) is 10.7. The van der Waals surface area contributed by atoms with Crippen molar-refractivity contribution >= 4 is 17.6 Å². The quantitative estimate of drug-likeness (QED) is 0.693. The molecule has 1 heterocycles. The molecular weight excluding hydrogens is 397 g/mol. The Balaban J connectivity index is 1.55. The van der Waals surface area contributed by atoms with Crippen LogP contribution in [0.1, 0.15) is 40.9 Å². The molecule has 2 atom stereocenters. The number of benzene rings is 2. The first-order valence-electron chi connectivity index (χ1n) is 9.53. The van der Waals surface area contributed by atoms with Gasteiger partial charge in [-0.25, -0.2) is 4.79 Å². The van der Waals surface area contributed by atoms with Gasteiger partial charge < -0.3 is 21.3 Å². The molecule has 30 heavy (non-hydrogen) atoms. The number of para-hydroxylation sites is 1. The van der Waals surface area contributed by atoms with Gasteiger partial charge in [-0.2, -0.15) is 13.2 Å². The van der Waals surface area contributed by atoms with E-state index in [1.54, 1.807) is 19.1 Å². The lowest BCUT2D eigenvalue weighted by Crippen LogP contribution is -2.44. The number of primary amides is 1. The molecule has 1 saturated heterocycles. The largest absolute Gasteiger partial charge is 0.416 e. The van der Waals surface area contributed by atoms with Crippen LogP contribution < -0.4 is 21.3 Å². The van der Waals surface area contributed by atoms with Crippen molar-refractivity contribution < 1.29 is 22.8 Å². The monoisotopic (exact) mass is 420 g/mol. The molecule has 0 aromatic heterocycles. The predicted octanol–water partition coefficient (Wildman–Crippen LogP) is 3.44. The number of amides is 3. The van der Waals surface area contributed by atoms with Gasteiger partial charge in [0.25, 0.3) is 5.91 Å². The van der Waals surface area contributed by atoms with Crippen LogP contribution in [0.4, 0.5) is 23.7 Å². The molecule has 2 aromatic carbocycles. The first-order valence-corrected chi connectivity index (χ1v) is 9.53. The van der Waals surface area contributed by atoms with E-state index >= 15 is 0 Å². The van der Waals surface area contributed by atoms with Crippen molar-refractivity contribution in [2.45, 2.75) is 31.6 Å². The van der Waals surface area contributed by atoms with E-state index in [0.29, 0.717) is 30.6 Å². The summed E-state index contributed by atoms with van der Waals surface area (Å²) in [5.41, 5.74) is 6.43. The number of urea groups is 1. The van der Waals surface area contributed by atoms with Crippen LogP contribution in [0.5, 0.6) is 0 Å². The lowest BCUT2D eigenvalue weighted by molar-refractivity contribution is -0.137. The molecule has 0 bridgehead atoms. The van der Waals surface area contributed by atoms with E-state index in [-0.39, 0.29) is 6.04 Å². The van der Waals surface area contributed by atoms with Crippen LogP contribution in [0, 0.1) is 0 Å². The highest BCUT2D eigenvalue weighted by Crippen LogP contribution is 2.30. The van der Waals surface area contributed by atoms with Gasteiger partial charge in [-0.3, -0.25) is 4.79 Å². The number of carbonyl (C=O) groups excluding carboxylic acids is 2. The third-order valence-electron chi connectivity index (χ3n) is 5.12. The highest BCUT2D eigenvalue weighted by Gasteiger charge is 2.30. The summed E-state index contributed by atoms with van der Waals surface area (Å²) in [4.78, 5) is 25.9. The van der Waals surface area contributed by atoms with Crippen molar-refractivity contribution in [3.63, 3.8) is 0 Å². The van der Waals surface area contributed by atoms with Crippen LogP contribution >= 0.6 is 0 Å². The Hall–Kier alpha value is -3.23. The number of carbonyl (C=O) groups is 2. The topological polar surface area (TPSA) is 87.5 Å². The zero-order chi connectivity index (χ0) is 21.9. The SMILES string of the molecule is CC(NC(=O)NC1CCN(c2ccccc2C(N)=O)C1)c1ccc(C(F)(F)F)cc1. The molecule has 2 unspecified atom stereocenters. The van der Waals surface area contributed by atoms with Gasteiger partial charge in [0.05, 0.1) is 17.2 Å². The summed E-state index contributed by atoms with van der Waals surface area (Å²) in [5.74, 6) is -0.509. The maximum absolute atomic E-state index is 12.7. The fraction of sp³-hybridized carbons (Fsp3) is 0.333. The smallest absolute Gasteiger partial charge is 0.369 e. The Kier molecular flexibility index (Phi) is 6.19. The number of nitrogens with zero attached hydrogens (tertiary/aromatic N) is 1. The van der Waals surface area contributed by atoms with Gasteiger partial charge in [0, 0.05) is 24.8 Å². The number of hydrogen-bond donors (Lipinski definition) is 3. The van der Waals surface area contributed by atoms with E-state index in [1.807, 2.05) is 17.0 Å². The lowest BCUT2D eigenvalue weighted by atomic mass is 10.1. The first kappa shape index (κ1) is 21.5. The van der Waals surface area contributed by atoms with E-state index < -0.39 is 29.7 Å². The second-order valence-electron chi connectivity index (χ2n) is 7.27. The van der Waals surface area contributed by atoms with Crippen molar-refractivity contribution in [3.05, 3.63) is 65.2 Å². The van der Waals surface area contributed by atoms with E-state index in [0.717, 1.165) is 17.8 Å². The highest BCUT2D eigenvalue weighted by atomic mass is 19.4. The third-order valence-corrected chi connectivity index (χ3v) is 5.12. The lowest BCUT2D eigenvalue weighted by Gasteiger charge is -2.22. The summed E-state index contributed by atoms with van der Waals surface area (Å²) >= 11 is 0. The van der Waals surface area contributed by atoms with Crippen LogP contribution in [-0.4, -0.2) is 31.1 Å². The summed E-state index contributed by atoms with van der Waals surface area (Å²) in [7, 11) is 0. The molecule has 9 heteroatoms. The van der Waals surface area contributed by atoms with Crippen molar-refractivity contribution in [3.8, 4) is 0 Å². The molecule has 3 amide bonds. The average molecular weight is 420 g/mol. The number of hydrogen-bond acceptors (Lipinski definition) is 3. The molecule has 160 valence electrons. The number of nitrogens with two attached hydrogens (primary N) is 1. The highest BCUT2D eigenvalue weighted by molar-refractivity contribution is 5.98. The molecule has 1 aliphatic rings. The fourth-order valence-electron chi connectivity index (χ4n) is 3.52. The molecule has 6 nitrogen and oxygen atoms in total. The molecule has 3 rings (SSSR count). The molecule has 2 aromatic rings. The second-order valence-corrected chi connectivity index (χ2v) is 7.27. The van der Waals surface area contributed by atoms with Gasteiger partial charge in [-0.05, 0) is 43.2 Å². The van der Waals surface area contributed by atoms with E-state index in [2.05, 4.69) is 10.6 Å². The van der Waals surface area contributed by atoms with Gasteiger partial charge >= 0.3 is 12.2 Å². The molecule has 0 saturated carbocycles.